The Morgan fingerprint density at radius 1 is 1.75 bits per heavy atom. The van der Waals surface area contributed by atoms with Crippen molar-refractivity contribution in [1.29, 1.82) is 0 Å². The number of ether oxygens (including phenoxy) is 1. The predicted molar refractivity (Wildman–Crippen MR) is 49.2 cm³/mol. The molecule has 0 amide bonds. The minimum absolute atomic E-state index is 0.417. The van der Waals surface area contributed by atoms with E-state index in [1.54, 1.807) is 0 Å². The van der Waals surface area contributed by atoms with Gasteiger partial charge in [-0.15, -0.1) is 0 Å². The summed E-state index contributed by atoms with van der Waals surface area (Å²) in [4.78, 5) is 6.13. The van der Waals surface area contributed by atoms with Crippen molar-refractivity contribution in [3.05, 3.63) is 0 Å². The fraction of sp³-hybridized carbons (Fsp3) is 0.875. The monoisotopic (exact) mass is 171 g/mol. The molecule has 70 valence electrons. The summed E-state index contributed by atoms with van der Waals surface area (Å²) >= 11 is 0. The average molecular weight is 171 g/mol. The SMILES string of the molecule is CCN=C(N)N(C)C1CCOC1. The highest BCUT2D eigenvalue weighted by Gasteiger charge is 2.21. The van der Waals surface area contributed by atoms with Crippen LogP contribution >= 0.6 is 0 Å². The summed E-state index contributed by atoms with van der Waals surface area (Å²) in [6.45, 7) is 4.33. The highest BCUT2D eigenvalue weighted by atomic mass is 16.5. The lowest BCUT2D eigenvalue weighted by atomic mass is 10.2. The van der Waals surface area contributed by atoms with Gasteiger partial charge in [-0.3, -0.25) is 4.99 Å². The van der Waals surface area contributed by atoms with Gasteiger partial charge in [-0.25, -0.2) is 0 Å². The molecule has 0 saturated carbocycles. The van der Waals surface area contributed by atoms with Gasteiger partial charge in [-0.05, 0) is 13.3 Å². The Balaban J connectivity index is 2.44. The zero-order chi connectivity index (χ0) is 8.97. The molecule has 0 aromatic heterocycles. The number of nitrogens with two attached hydrogens (primary N) is 1. The molecule has 1 unspecified atom stereocenters. The molecule has 12 heavy (non-hydrogen) atoms. The molecule has 0 aromatic carbocycles. The number of hydrogen-bond donors (Lipinski definition) is 1. The van der Waals surface area contributed by atoms with Crippen molar-refractivity contribution in [3.63, 3.8) is 0 Å². The first-order valence-corrected chi connectivity index (χ1v) is 4.36. The molecule has 0 bridgehead atoms. The van der Waals surface area contributed by atoms with E-state index in [2.05, 4.69) is 4.99 Å². The molecule has 4 heteroatoms. The molecule has 2 N–H and O–H groups in total. The topological polar surface area (TPSA) is 50.8 Å². The second-order valence-electron chi connectivity index (χ2n) is 2.96. The molecule has 0 aliphatic carbocycles. The second kappa shape index (κ2) is 4.30. The van der Waals surface area contributed by atoms with Crippen LogP contribution in [0, 0.1) is 0 Å². The molecule has 0 spiro atoms. The molecule has 4 nitrogen and oxygen atoms in total. The molecule has 0 aromatic rings. The molecule has 0 radical (unpaired) electrons. The van der Waals surface area contributed by atoms with Crippen LogP contribution in [-0.2, 0) is 4.74 Å². The van der Waals surface area contributed by atoms with Gasteiger partial charge in [-0.2, -0.15) is 0 Å². The van der Waals surface area contributed by atoms with Crippen molar-refractivity contribution < 1.29 is 4.74 Å². The summed E-state index contributed by atoms with van der Waals surface area (Å²) in [7, 11) is 1.97. The van der Waals surface area contributed by atoms with E-state index in [4.69, 9.17) is 10.5 Å². The Morgan fingerprint density at radius 2 is 2.50 bits per heavy atom. The molecule has 1 fully saturated rings. The fourth-order valence-corrected chi connectivity index (χ4v) is 1.29. The minimum Gasteiger partial charge on any atom is -0.379 e. The van der Waals surface area contributed by atoms with Gasteiger partial charge < -0.3 is 15.4 Å². The number of hydrogen-bond acceptors (Lipinski definition) is 2. The molecule has 1 aliphatic rings. The molecule has 1 heterocycles. The van der Waals surface area contributed by atoms with Crippen LogP contribution in [0.1, 0.15) is 13.3 Å². The second-order valence-corrected chi connectivity index (χ2v) is 2.96. The minimum atomic E-state index is 0.417. The van der Waals surface area contributed by atoms with E-state index < -0.39 is 0 Å². The van der Waals surface area contributed by atoms with Crippen LogP contribution in [0.3, 0.4) is 0 Å². The maximum atomic E-state index is 5.73. The summed E-state index contributed by atoms with van der Waals surface area (Å²) in [5.41, 5.74) is 5.73. The van der Waals surface area contributed by atoms with Crippen molar-refractivity contribution in [2.24, 2.45) is 10.7 Å². The maximum Gasteiger partial charge on any atom is 0.191 e. The van der Waals surface area contributed by atoms with Crippen LogP contribution in [0.5, 0.6) is 0 Å². The van der Waals surface area contributed by atoms with Crippen LogP contribution in [0.15, 0.2) is 4.99 Å². The summed E-state index contributed by atoms with van der Waals surface area (Å²) in [6, 6.07) is 0.417. The van der Waals surface area contributed by atoms with Crippen LogP contribution in [-0.4, -0.2) is 43.7 Å². The first-order valence-electron chi connectivity index (χ1n) is 4.36. The Labute approximate surface area is 73.4 Å². The van der Waals surface area contributed by atoms with E-state index in [-0.39, 0.29) is 0 Å². The summed E-state index contributed by atoms with van der Waals surface area (Å²) in [5.74, 6) is 0.619. The number of nitrogens with zero attached hydrogens (tertiary/aromatic N) is 2. The summed E-state index contributed by atoms with van der Waals surface area (Å²) < 4.78 is 5.25. The van der Waals surface area contributed by atoms with Crippen molar-refractivity contribution in [3.8, 4) is 0 Å². The Bertz CT molecular complexity index is 164. The van der Waals surface area contributed by atoms with E-state index in [9.17, 15) is 0 Å². The van der Waals surface area contributed by atoms with Crippen LogP contribution in [0.25, 0.3) is 0 Å². The highest BCUT2D eigenvalue weighted by Crippen LogP contribution is 2.09. The lowest BCUT2D eigenvalue weighted by molar-refractivity contribution is 0.179. The average Bonchev–Trinajstić information content (AvgIpc) is 2.55. The van der Waals surface area contributed by atoms with Crippen molar-refractivity contribution in [2.75, 3.05) is 26.8 Å². The lowest BCUT2D eigenvalue weighted by Gasteiger charge is -2.23. The Hall–Kier alpha value is -0.770. The smallest absolute Gasteiger partial charge is 0.191 e. The van der Waals surface area contributed by atoms with Gasteiger partial charge in [-0.1, -0.05) is 0 Å². The fourth-order valence-electron chi connectivity index (χ4n) is 1.29. The lowest BCUT2D eigenvalue weighted by Crippen LogP contribution is -2.42. The molecular formula is C8H17N3O. The zero-order valence-corrected chi connectivity index (χ0v) is 7.79. The van der Waals surface area contributed by atoms with Crippen LogP contribution in [0.2, 0.25) is 0 Å². The van der Waals surface area contributed by atoms with E-state index in [0.717, 1.165) is 26.2 Å². The van der Waals surface area contributed by atoms with Gasteiger partial charge >= 0.3 is 0 Å². The Kier molecular flexibility index (Phi) is 3.34. The van der Waals surface area contributed by atoms with Gasteiger partial charge in [0.1, 0.15) is 0 Å². The van der Waals surface area contributed by atoms with Gasteiger partial charge in [0.05, 0.1) is 12.6 Å². The summed E-state index contributed by atoms with van der Waals surface area (Å²) in [5, 5.41) is 0. The maximum absolute atomic E-state index is 5.73. The number of aliphatic imine (C=N–C) groups is 1. The van der Waals surface area contributed by atoms with Gasteiger partial charge in [0.15, 0.2) is 5.96 Å². The summed E-state index contributed by atoms with van der Waals surface area (Å²) in [6.07, 6.45) is 1.05. The first-order chi connectivity index (χ1) is 5.75. The first kappa shape index (κ1) is 9.32. The van der Waals surface area contributed by atoms with Crippen molar-refractivity contribution in [2.45, 2.75) is 19.4 Å². The molecule has 1 aliphatic heterocycles. The van der Waals surface area contributed by atoms with Crippen LogP contribution < -0.4 is 5.73 Å². The molecule has 1 atom stereocenters. The largest absolute Gasteiger partial charge is 0.379 e. The number of rotatable bonds is 2. The van der Waals surface area contributed by atoms with E-state index in [0.29, 0.717) is 12.0 Å². The van der Waals surface area contributed by atoms with Crippen molar-refractivity contribution >= 4 is 5.96 Å². The third-order valence-corrected chi connectivity index (χ3v) is 2.13. The standard InChI is InChI=1S/C8H17N3O/c1-3-10-8(9)11(2)7-4-5-12-6-7/h7H,3-6H2,1-2H3,(H2,9,10). The van der Waals surface area contributed by atoms with Gasteiger partial charge in [0.25, 0.3) is 0 Å². The van der Waals surface area contributed by atoms with E-state index in [1.165, 1.54) is 0 Å². The van der Waals surface area contributed by atoms with Gasteiger partial charge in [0, 0.05) is 20.2 Å². The molecular weight excluding hydrogens is 154 g/mol. The van der Waals surface area contributed by atoms with Gasteiger partial charge in [0.2, 0.25) is 0 Å². The zero-order valence-electron chi connectivity index (χ0n) is 7.79. The third-order valence-electron chi connectivity index (χ3n) is 2.13. The van der Waals surface area contributed by atoms with Crippen LogP contribution in [0.4, 0.5) is 0 Å². The normalized spacial score (nSPS) is 24.5. The quantitative estimate of drug-likeness (QED) is 0.471. The van der Waals surface area contributed by atoms with E-state index >= 15 is 0 Å². The van der Waals surface area contributed by atoms with E-state index in [1.807, 2.05) is 18.9 Å². The number of likely N-dealkylation sites (N-methyl/N-ethyl adjacent to an activating group) is 1. The van der Waals surface area contributed by atoms with Crippen molar-refractivity contribution in [1.82, 2.24) is 4.90 Å². The molecule has 1 saturated heterocycles. The predicted octanol–water partition coefficient (Wildman–Crippen LogP) is 0.0417. The third kappa shape index (κ3) is 2.11. The Morgan fingerprint density at radius 3 is 3.00 bits per heavy atom. The number of guanidine groups is 1. The highest BCUT2D eigenvalue weighted by molar-refractivity contribution is 5.78. The molecule has 1 rings (SSSR count).